The molecule has 160 valence electrons. The molecule has 0 saturated carbocycles. The van der Waals surface area contributed by atoms with Gasteiger partial charge >= 0.3 is 5.97 Å². The molecular formula is C24H23BrN2O4. The van der Waals surface area contributed by atoms with Crippen molar-refractivity contribution in [2.75, 3.05) is 0 Å². The third-order valence-corrected chi connectivity index (χ3v) is 5.22. The van der Waals surface area contributed by atoms with E-state index in [1.165, 1.54) is 6.08 Å². The molecule has 0 amide bonds. The topological polar surface area (TPSA) is 104 Å². The molecular weight excluding hydrogens is 460 g/mol. The minimum Gasteiger partial charge on any atom is -0.481 e. The number of carboxylic acid groups (broad SMARTS) is 1. The summed E-state index contributed by atoms with van der Waals surface area (Å²) >= 11 is 3.45. The second-order valence-corrected chi connectivity index (χ2v) is 8.10. The molecule has 7 heteroatoms. The molecule has 6 nitrogen and oxygen atoms in total. The normalized spacial score (nSPS) is 13.3. The molecule has 0 saturated heterocycles. The van der Waals surface area contributed by atoms with Crippen LogP contribution in [0.4, 0.5) is 0 Å². The van der Waals surface area contributed by atoms with Gasteiger partial charge in [0.15, 0.2) is 5.82 Å². The average Bonchev–Trinajstić information content (AvgIpc) is 2.73. The van der Waals surface area contributed by atoms with Gasteiger partial charge in [-0.05, 0) is 19.1 Å². The van der Waals surface area contributed by atoms with E-state index >= 15 is 0 Å². The number of aliphatic hydroxyl groups excluding tert-OH is 2. The Hall–Kier alpha value is -2.87. The Labute approximate surface area is 189 Å². The average molecular weight is 483 g/mol. The van der Waals surface area contributed by atoms with E-state index < -0.39 is 24.6 Å². The zero-order valence-electron chi connectivity index (χ0n) is 16.9. The predicted octanol–water partition coefficient (Wildman–Crippen LogP) is 4.48. The Kier molecular flexibility index (Phi) is 7.68. The molecule has 1 heterocycles. The third-order valence-electron chi connectivity index (χ3n) is 4.69. The maximum Gasteiger partial charge on any atom is 0.305 e. The fraction of sp³-hybridized carbons (Fsp3) is 0.208. The van der Waals surface area contributed by atoms with Gasteiger partial charge in [0, 0.05) is 33.3 Å². The van der Waals surface area contributed by atoms with Crippen LogP contribution in [0.5, 0.6) is 0 Å². The van der Waals surface area contributed by atoms with E-state index in [0.717, 1.165) is 26.9 Å². The maximum absolute atomic E-state index is 10.7. The number of hydrogen-bond donors (Lipinski definition) is 3. The highest BCUT2D eigenvalue weighted by atomic mass is 79.9. The van der Waals surface area contributed by atoms with Crippen molar-refractivity contribution in [3.8, 4) is 22.6 Å². The molecule has 2 unspecified atom stereocenters. The lowest BCUT2D eigenvalue weighted by Crippen LogP contribution is -2.19. The number of carboxylic acids is 1. The van der Waals surface area contributed by atoms with Crippen LogP contribution in [0.2, 0.25) is 0 Å². The van der Waals surface area contributed by atoms with Crippen molar-refractivity contribution in [1.29, 1.82) is 0 Å². The summed E-state index contributed by atoms with van der Waals surface area (Å²) in [7, 11) is 0. The largest absolute Gasteiger partial charge is 0.481 e. The van der Waals surface area contributed by atoms with Crippen molar-refractivity contribution < 1.29 is 20.1 Å². The Morgan fingerprint density at radius 3 is 2.35 bits per heavy atom. The molecule has 0 radical (unpaired) electrons. The number of carbonyl (C=O) groups is 1. The summed E-state index contributed by atoms with van der Waals surface area (Å²) in [5.41, 5.74) is 3.99. The van der Waals surface area contributed by atoms with Gasteiger partial charge in [-0.25, -0.2) is 9.97 Å². The maximum atomic E-state index is 10.7. The molecule has 31 heavy (non-hydrogen) atoms. The number of benzene rings is 2. The van der Waals surface area contributed by atoms with Gasteiger partial charge < -0.3 is 15.3 Å². The lowest BCUT2D eigenvalue weighted by Gasteiger charge is -2.13. The van der Waals surface area contributed by atoms with Gasteiger partial charge in [-0.3, -0.25) is 4.79 Å². The zero-order valence-corrected chi connectivity index (χ0v) is 18.5. The van der Waals surface area contributed by atoms with Gasteiger partial charge in [0.25, 0.3) is 0 Å². The van der Waals surface area contributed by atoms with Crippen molar-refractivity contribution in [1.82, 2.24) is 9.97 Å². The van der Waals surface area contributed by atoms with Crippen LogP contribution in [0.25, 0.3) is 28.7 Å². The Balaban J connectivity index is 1.98. The molecule has 0 aliphatic heterocycles. The van der Waals surface area contributed by atoms with E-state index in [4.69, 9.17) is 10.1 Å². The molecule has 0 bridgehead atoms. The zero-order chi connectivity index (χ0) is 22.4. The first kappa shape index (κ1) is 22.8. The minimum atomic E-state index is -1.12. The molecule has 0 aliphatic rings. The highest BCUT2D eigenvalue weighted by Crippen LogP contribution is 2.29. The van der Waals surface area contributed by atoms with Crippen molar-refractivity contribution in [2.45, 2.75) is 32.0 Å². The van der Waals surface area contributed by atoms with Crippen molar-refractivity contribution in [2.24, 2.45) is 0 Å². The number of hydrogen-bond acceptors (Lipinski definition) is 5. The highest BCUT2D eigenvalue weighted by molar-refractivity contribution is 9.10. The smallest absolute Gasteiger partial charge is 0.305 e. The minimum absolute atomic E-state index is 0.0710. The van der Waals surface area contributed by atoms with Crippen LogP contribution in [-0.2, 0) is 4.79 Å². The van der Waals surface area contributed by atoms with Gasteiger partial charge in [0.1, 0.15) is 0 Å². The van der Waals surface area contributed by atoms with Crippen LogP contribution in [0.1, 0.15) is 24.1 Å². The monoisotopic (exact) mass is 482 g/mol. The molecule has 0 fully saturated rings. The Morgan fingerprint density at radius 2 is 1.71 bits per heavy atom. The number of halogens is 1. The van der Waals surface area contributed by atoms with Crippen LogP contribution >= 0.6 is 15.9 Å². The summed E-state index contributed by atoms with van der Waals surface area (Å²) in [5.74, 6) is -0.507. The summed E-state index contributed by atoms with van der Waals surface area (Å²) in [6.07, 6.45) is 0.642. The lowest BCUT2D eigenvalue weighted by atomic mass is 10.0. The van der Waals surface area contributed by atoms with Crippen molar-refractivity contribution in [3.63, 3.8) is 0 Å². The Morgan fingerprint density at radius 1 is 1.03 bits per heavy atom. The second-order valence-electron chi connectivity index (χ2n) is 7.18. The van der Waals surface area contributed by atoms with Crippen LogP contribution < -0.4 is 0 Å². The number of nitrogens with zero attached hydrogens (tertiary/aromatic N) is 2. The predicted molar refractivity (Wildman–Crippen MR) is 123 cm³/mol. The standard InChI is InChI=1S/C24H23BrN2O4/c1-15-21(12-11-19(28)13-20(29)14-22(30)31)23(16-7-9-18(25)10-8-16)27-24(26-15)17-5-3-2-4-6-17/h2-12,19-20,28-29H,13-14H2,1H3,(H,30,31)/b12-11+. The quantitative estimate of drug-likeness (QED) is 0.437. The number of aryl methyl sites for hydroxylation is 1. The van der Waals surface area contributed by atoms with Crippen molar-refractivity contribution in [3.05, 3.63) is 76.4 Å². The lowest BCUT2D eigenvalue weighted by molar-refractivity contribution is -0.139. The van der Waals surface area contributed by atoms with E-state index in [1.807, 2.05) is 61.5 Å². The van der Waals surface area contributed by atoms with E-state index in [2.05, 4.69) is 20.9 Å². The van der Waals surface area contributed by atoms with Gasteiger partial charge in [-0.15, -0.1) is 0 Å². The highest BCUT2D eigenvalue weighted by Gasteiger charge is 2.16. The number of aliphatic hydroxyl groups is 2. The number of aliphatic carboxylic acids is 1. The molecule has 1 aromatic heterocycles. The molecule has 2 atom stereocenters. The molecule has 3 rings (SSSR count). The van der Waals surface area contributed by atoms with E-state index in [-0.39, 0.29) is 6.42 Å². The van der Waals surface area contributed by atoms with Crippen LogP contribution in [0.15, 0.2) is 65.1 Å². The van der Waals surface area contributed by atoms with Gasteiger partial charge in [-0.1, -0.05) is 70.5 Å². The van der Waals surface area contributed by atoms with E-state index in [9.17, 15) is 15.0 Å². The summed E-state index contributed by atoms with van der Waals surface area (Å²) in [4.78, 5) is 20.2. The molecule has 3 N–H and O–H groups in total. The molecule has 0 aliphatic carbocycles. The first-order chi connectivity index (χ1) is 14.8. The van der Waals surface area contributed by atoms with E-state index in [0.29, 0.717) is 11.5 Å². The van der Waals surface area contributed by atoms with Crippen molar-refractivity contribution >= 4 is 28.0 Å². The second kappa shape index (κ2) is 10.4. The first-order valence-corrected chi connectivity index (χ1v) is 10.6. The summed E-state index contributed by atoms with van der Waals surface area (Å²) in [6.45, 7) is 1.88. The van der Waals surface area contributed by atoms with Gasteiger partial charge in [0.05, 0.1) is 24.3 Å². The van der Waals surface area contributed by atoms with Crippen LogP contribution in [-0.4, -0.2) is 43.5 Å². The van der Waals surface area contributed by atoms with Gasteiger partial charge in [-0.2, -0.15) is 0 Å². The summed E-state index contributed by atoms with van der Waals surface area (Å²) in [6, 6.07) is 17.4. The molecule has 2 aromatic carbocycles. The molecule has 3 aromatic rings. The molecule has 0 spiro atoms. The number of aromatic nitrogens is 2. The summed E-state index contributed by atoms with van der Waals surface area (Å²) in [5, 5.41) is 28.8. The van der Waals surface area contributed by atoms with Gasteiger partial charge in [0.2, 0.25) is 0 Å². The van der Waals surface area contributed by atoms with Crippen LogP contribution in [0.3, 0.4) is 0 Å². The van der Waals surface area contributed by atoms with E-state index in [1.54, 1.807) is 6.08 Å². The SMILES string of the molecule is Cc1nc(-c2ccccc2)nc(-c2ccc(Br)cc2)c1/C=C/C(O)CC(O)CC(=O)O. The third kappa shape index (κ3) is 6.30. The fourth-order valence-corrected chi connectivity index (χ4v) is 3.44. The Bertz CT molecular complexity index is 1070. The summed E-state index contributed by atoms with van der Waals surface area (Å²) < 4.78 is 0.949. The number of rotatable bonds is 8. The first-order valence-electron chi connectivity index (χ1n) is 9.79. The van der Waals surface area contributed by atoms with Crippen LogP contribution in [0, 0.1) is 6.92 Å². The fourth-order valence-electron chi connectivity index (χ4n) is 3.17.